The fourth-order valence-corrected chi connectivity index (χ4v) is 4.16. The molecule has 7 heteroatoms. The molecule has 2 saturated heterocycles. The Hall–Kier alpha value is -1.73. The average molecular weight is 336 g/mol. The zero-order valence-corrected chi connectivity index (χ0v) is 13.8. The second-order valence-electron chi connectivity index (χ2n) is 6.01. The Morgan fingerprint density at radius 1 is 1.48 bits per heavy atom. The maximum atomic E-state index is 12.5. The molecule has 2 fully saturated rings. The molecule has 0 unspecified atom stereocenters. The molecule has 3 amide bonds. The lowest BCUT2D eigenvalue weighted by molar-refractivity contribution is -0.131. The van der Waals surface area contributed by atoms with Crippen LogP contribution in [0, 0.1) is 6.92 Å². The van der Waals surface area contributed by atoms with Gasteiger partial charge in [0, 0.05) is 5.75 Å². The molecule has 2 aliphatic rings. The number of nitrogens with one attached hydrogen (secondary N) is 1. The number of aliphatic hydroxyl groups excluding tert-OH is 1. The van der Waals surface area contributed by atoms with E-state index in [2.05, 4.69) is 5.32 Å². The first-order valence-electron chi connectivity index (χ1n) is 7.60. The number of amides is 3. The van der Waals surface area contributed by atoms with Gasteiger partial charge in [0.25, 0.3) is 5.91 Å². The number of aryl methyl sites for hydroxylation is 1. The molecule has 2 aliphatic heterocycles. The van der Waals surface area contributed by atoms with Crippen LogP contribution in [0.25, 0.3) is 0 Å². The summed E-state index contributed by atoms with van der Waals surface area (Å²) in [5.41, 5.74) is 0.297. The van der Waals surface area contributed by atoms with Crippen molar-refractivity contribution in [3.05, 3.63) is 29.8 Å². The van der Waals surface area contributed by atoms with E-state index in [1.54, 1.807) is 17.8 Å². The lowest BCUT2D eigenvalue weighted by Crippen LogP contribution is -2.47. The van der Waals surface area contributed by atoms with E-state index in [1.165, 1.54) is 0 Å². The van der Waals surface area contributed by atoms with Gasteiger partial charge in [-0.05, 0) is 36.8 Å². The molecule has 1 aromatic rings. The minimum atomic E-state index is -0.922. The molecular weight excluding hydrogens is 316 g/mol. The van der Waals surface area contributed by atoms with Gasteiger partial charge in [-0.15, -0.1) is 0 Å². The van der Waals surface area contributed by atoms with Crippen molar-refractivity contribution in [3.63, 3.8) is 0 Å². The van der Waals surface area contributed by atoms with E-state index in [0.717, 1.165) is 16.2 Å². The molecule has 2 heterocycles. The van der Waals surface area contributed by atoms with Crippen LogP contribution in [0.15, 0.2) is 24.3 Å². The molecular formula is C16H20N2O4S. The molecule has 0 aliphatic carbocycles. The smallest absolute Gasteiger partial charge is 0.325 e. The minimum Gasteiger partial charge on any atom is -0.491 e. The molecule has 1 spiro atoms. The van der Waals surface area contributed by atoms with Gasteiger partial charge in [-0.2, -0.15) is 11.8 Å². The number of rotatable bonds is 5. The van der Waals surface area contributed by atoms with Crippen LogP contribution >= 0.6 is 11.8 Å². The van der Waals surface area contributed by atoms with Crippen LogP contribution in [0.5, 0.6) is 5.75 Å². The van der Waals surface area contributed by atoms with Gasteiger partial charge in [-0.25, -0.2) is 4.79 Å². The maximum absolute atomic E-state index is 12.5. The van der Waals surface area contributed by atoms with Gasteiger partial charge in [0.05, 0.1) is 6.54 Å². The normalized spacial score (nSPS) is 25.0. The van der Waals surface area contributed by atoms with Crippen LogP contribution in [-0.4, -0.2) is 58.2 Å². The van der Waals surface area contributed by atoms with Crippen LogP contribution < -0.4 is 10.1 Å². The summed E-state index contributed by atoms with van der Waals surface area (Å²) in [4.78, 5) is 25.6. The van der Waals surface area contributed by atoms with E-state index in [0.29, 0.717) is 17.9 Å². The molecule has 23 heavy (non-hydrogen) atoms. The molecule has 124 valence electrons. The van der Waals surface area contributed by atoms with Gasteiger partial charge in [-0.3, -0.25) is 9.69 Å². The number of β-amino-alcohol motifs (C(OH)–C–C–N with tert-alkyl or cyclic N) is 1. The Labute approximate surface area is 139 Å². The second kappa shape index (κ2) is 6.41. The summed E-state index contributed by atoms with van der Waals surface area (Å²) in [5, 5.41) is 12.9. The van der Waals surface area contributed by atoms with E-state index in [1.807, 2.05) is 25.1 Å². The predicted molar refractivity (Wildman–Crippen MR) is 87.6 cm³/mol. The molecule has 1 aromatic carbocycles. The number of nitrogens with zero attached hydrogens (tertiary/aromatic N) is 1. The number of benzene rings is 1. The summed E-state index contributed by atoms with van der Waals surface area (Å²) in [6.07, 6.45) is -0.274. The van der Waals surface area contributed by atoms with Gasteiger partial charge in [0.1, 0.15) is 24.0 Å². The molecule has 0 radical (unpaired) electrons. The molecule has 6 nitrogen and oxygen atoms in total. The van der Waals surface area contributed by atoms with Crippen molar-refractivity contribution >= 4 is 23.7 Å². The zero-order valence-electron chi connectivity index (χ0n) is 12.9. The maximum Gasteiger partial charge on any atom is 0.325 e. The van der Waals surface area contributed by atoms with Crippen LogP contribution in [0.2, 0.25) is 0 Å². The highest BCUT2D eigenvalue weighted by Crippen LogP contribution is 2.33. The van der Waals surface area contributed by atoms with Crippen molar-refractivity contribution in [3.8, 4) is 5.75 Å². The molecule has 0 saturated carbocycles. The third kappa shape index (κ3) is 3.30. The number of hydrogen-bond acceptors (Lipinski definition) is 5. The summed E-state index contributed by atoms with van der Waals surface area (Å²) in [7, 11) is 0. The number of imide groups is 1. The van der Waals surface area contributed by atoms with Gasteiger partial charge in [0.15, 0.2) is 0 Å². The largest absolute Gasteiger partial charge is 0.491 e. The third-order valence-corrected chi connectivity index (χ3v) is 5.28. The number of urea groups is 1. The first kappa shape index (κ1) is 16.1. The number of thioether (sulfide) groups is 1. The fraction of sp³-hybridized carbons (Fsp3) is 0.500. The number of ether oxygens (including phenoxy) is 1. The summed E-state index contributed by atoms with van der Waals surface area (Å²) in [6.45, 7) is 1.93. The molecule has 0 aromatic heterocycles. The summed E-state index contributed by atoms with van der Waals surface area (Å²) < 4.78 is 5.52. The monoisotopic (exact) mass is 336 g/mol. The van der Waals surface area contributed by atoms with Crippen LogP contribution in [0.4, 0.5) is 4.79 Å². The first-order valence-corrected chi connectivity index (χ1v) is 8.75. The second-order valence-corrected chi connectivity index (χ2v) is 7.12. The highest BCUT2D eigenvalue weighted by molar-refractivity contribution is 7.99. The van der Waals surface area contributed by atoms with Crippen molar-refractivity contribution in [2.24, 2.45) is 0 Å². The Bertz CT molecular complexity index is 616. The Morgan fingerprint density at radius 3 is 3.00 bits per heavy atom. The van der Waals surface area contributed by atoms with Crippen LogP contribution in [-0.2, 0) is 4.79 Å². The van der Waals surface area contributed by atoms with Crippen LogP contribution in [0.1, 0.15) is 12.0 Å². The predicted octanol–water partition coefficient (Wildman–Crippen LogP) is 1.16. The minimum absolute atomic E-state index is 0.0300. The number of aliphatic hydroxyl groups is 1. The fourth-order valence-electron chi connectivity index (χ4n) is 2.84. The summed E-state index contributed by atoms with van der Waals surface area (Å²) in [5.74, 6) is 1.88. The Balaban J connectivity index is 1.56. The Kier molecular flexibility index (Phi) is 4.50. The third-order valence-electron chi connectivity index (χ3n) is 4.09. The highest BCUT2D eigenvalue weighted by atomic mass is 32.2. The topological polar surface area (TPSA) is 78.9 Å². The van der Waals surface area contributed by atoms with Crippen molar-refractivity contribution < 1.29 is 19.4 Å². The highest BCUT2D eigenvalue weighted by Gasteiger charge is 2.53. The van der Waals surface area contributed by atoms with Gasteiger partial charge < -0.3 is 15.2 Å². The van der Waals surface area contributed by atoms with Crippen molar-refractivity contribution in [2.75, 3.05) is 24.7 Å². The van der Waals surface area contributed by atoms with Crippen molar-refractivity contribution in [1.29, 1.82) is 0 Å². The van der Waals surface area contributed by atoms with Gasteiger partial charge in [-0.1, -0.05) is 12.1 Å². The first-order chi connectivity index (χ1) is 11.0. The summed E-state index contributed by atoms with van der Waals surface area (Å²) >= 11 is 1.66. The number of carbonyl (C=O) groups excluding carboxylic acids is 2. The number of hydrogen-bond donors (Lipinski definition) is 2. The van der Waals surface area contributed by atoms with E-state index in [4.69, 9.17) is 4.74 Å². The van der Waals surface area contributed by atoms with Crippen LogP contribution in [0.3, 0.4) is 0 Å². The molecule has 3 rings (SSSR count). The standard InChI is InChI=1S/C16H20N2O4S/c1-11-3-2-4-13(7-11)22-9-12(19)8-18-14(20)16(17-15(18)21)5-6-23-10-16/h2-4,7,12,19H,5-6,8-10H2,1H3,(H,17,21)/t12-,16-/m1/s1. The lowest BCUT2D eigenvalue weighted by Gasteiger charge is -2.21. The SMILES string of the molecule is Cc1cccc(OC[C@H](O)CN2C(=O)N[C@@]3(CCSC3)C2=O)c1. The van der Waals surface area contributed by atoms with E-state index in [9.17, 15) is 14.7 Å². The van der Waals surface area contributed by atoms with E-state index in [-0.39, 0.29) is 19.1 Å². The summed E-state index contributed by atoms with van der Waals surface area (Å²) in [6, 6.07) is 7.07. The average Bonchev–Trinajstić information content (AvgIpc) is 3.07. The zero-order chi connectivity index (χ0) is 16.4. The number of carbonyl (C=O) groups is 2. The molecule has 2 atom stereocenters. The molecule has 0 bridgehead atoms. The van der Waals surface area contributed by atoms with Gasteiger partial charge in [0.2, 0.25) is 0 Å². The quantitative estimate of drug-likeness (QED) is 0.789. The van der Waals surface area contributed by atoms with E-state index < -0.39 is 17.7 Å². The van der Waals surface area contributed by atoms with E-state index >= 15 is 0 Å². The lowest BCUT2D eigenvalue weighted by atomic mass is 9.99. The Morgan fingerprint density at radius 2 is 2.30 bits per heavy atom. The van der Waals surface area contributed by atoms with Crippen molar-refractivity contribution in [2.45, 2.75) is 25.0 Å². The van der Waals surface area contributed by atoms with Gasteiger partial charge >= 0.3 is 6.03 Å². The molecule has 2 N–H and O–H groups in total. The van der Waals surface area contributed by atoms with Crippen molar-refractivity contribution in [1.82, 2.24) is 10.2 Å².